The highest BCUT2D eigenvalue weighted by atomic mass is 32.2. The lowest BCUT2D eigenvalue weighted by molar-refractivity contribution is -0.384. The predicted octanol–water partition coefficient (Wildman–Crippen LogP) is 2.35. The van der Waals surface area contributed by atoms with Crippen molar-refractivity contribution in [3.05, 3.63) is 70.3 Å². The van der Waals surface area contributed by atoms with Crippen LogP contribution in [-0.2, 0) is 26.1 Å². The number of hydrogen-bond donors (Lipinski definition) is 0. The van der Waals surface area contributed by atoms with Gasteiger partial charge in [-0.05, 0) is 24.6 Å². The van der Waals surface area contributed by atoms with Crippen LogP contribution in [0.1, 0.15) is 12.5 Å². The van der Waals surface area contributed by atoms with Crippen LogP contribution < -0.4 is 0 Å². The van der Waals surface area contributed by atoms with Crippen molar-refractivity contribution >= 4 is 21.7 Å². The van der Waals surface area contributed by atoms with E-state index in [0.717, 1.165) is 28.6 Å². The van der Waals surface area contributed by atoms with Crippen molar-refractivity contribution in [1.82, 2.24) is 4.31 Å². The second kappa shape index (κ2) is 8.54. The first-order chi connectivity index (χ1) is 12.3. The first-order valence-electron chi connectivity index (χ1n) is 7.78. The van der Waals surface area contributed by atoms with Gasteiger partial charge in [0.05, 0.1) is 16.4 Å². The Kier molecular flexibility index (Phi) is 6.42. The molecule has 9 heteroatoms. The molecule has 0 radical (unpaired) electrons. The molecule has 0 aromatic heterocycles. The fourth-order valence-electron chi connectivity index (χ4n) is 2.25. The van der Waals surface area contributed by atoms with Gasteiger partial charge in [0.15, 0.2) is 0 Å². The van der Waals surface area contributed by atoms with Crippen LogP contribution in [0, 0.1) is 10.1 Å². The fourth-order valence-corrected chi connectivity index (χ4v) is 3.62. The highest BCUT2D eigenvalue weighted by molar-refractivity contribution is 7.89. The summed E-state index contributed by atoms with van der Waals surface area (Å²) in [4.78, 5) is 21.8. The Bertz CT molecular complexity index is 866. The van der Waals surface area contributed by atoms with E-state index in [1.165, 1.54) is 0 Å². The summed E-state index contributed by atoms with van der Waals surface area (Å²) in [6.07, 6.45) is 0. The van der Waals surface area contributed by atoms with E-state index in [2.05, 4.69) is 0 Å². The summed E-state index contributed by atoms with van der Waals surface area (Å²) in [6.45, 7) is 1.28. The molecule has 0 saturated carbocycles. The van der Waals surface area contributed by atoms with E-state index in [4.69, 9.17) is 4.74 Å². The van der Waals surface area contributed by atoms with Crippen LogP contribution in [0.25, 0.3) is 0 Å². The number of nitro groups is 1. The maximum absolute atomic E-state index is 12.9. The molecule has 0 saturated heterocycles. The molecule has 0 N–H and O–H groups in total. The summed E-state index contributed by atoms with van der Waals surface area (Å²) in [5, 5.41) is 10.7. The first-order valence-corrected chi connectivity index (χ1v) is 9.22. The predicted molar refractivity (Wildman–Crippen MR) is 93.8 cm³/mol. The van der Waals surface area contributed by atoms with E-state index < -0.39 is 27.5 Å². The first kappa shape index (κ1) is 19.5. The molecule has 0 spiro atoms. The van der Waals surface area contributed by atoms with Crippen LogP contribution in [0.2, 0.25) is 0 Å². The minimum absolute atomic E-state index is 0.0288. The maximum Gasteiger partial charge on any atom is 0.321 e. The van der Waals surface area contributed by atoms with Crippen molar-refractivity contribution in [3.63, 3.8) is 0 Å². The molecule has 0 bridgehead atoms. The Morgan fingerprint density at radius 3 is 2.27 bits per heavy atom. The lowest BCUT2D eigenvalue weighted by atomic mass is 10.2. The van der Waals surface area contributed by atoms with Gasteiger partial charge in [0, 0.05) is 18.7 Å². The summed E-state index contributed by atoms with van der Waals surface area (Å²) >= 11 is 0. The van der Waals surface area contributed by atoms with E-state index in [-0.39, 0.29) is 23.7 Å². The molecule has 0 aliphatic carbocycles. The van der Waals surface area contributed by atoms with Crippen molar-refractivity contribution in [3.8, 4) is 0 Å². The van der Waals surface area contributed by atoms with E-state index in [0.29, 0.717) is 5.56 Å². The zero-order chi connectivity index (χ0) is 19.2. The molecule has 0 fully saturated rings. The van der Waals surface area contributed by atoms with Crippen LogP contribution >= 0.6 is 0 Å². The lowest BCUT2D eigenvalue weighted by Gasteiger charge is -2.21. The third-order valence-corrected chi connectivity index (χ3v) is 5.30. The molecule has 0 atom stereocenters. The minimum atomic E-state index is -4.05. The summed E-state index contributed by atoms with van der Waals surface area (Å²) in [5.41, 5.74) is 0.478. The molecule has 0 aliphatic heterocycles. The third-order valence-electron chi connectivity index (χ3n) is 3.50. The van der Waals surface area contributed by atoms with Gasteiger partial charge in [-0.25, -0.2) is 8.42 Å². The van der Waals surface area contributed by atoms with Gasteiger partial charge in [-0.3, -0.25) is 14.9 Å². The Morgan fingerprint density at radius 2 is 1.73 bits per heavy atom. The molecule has 2 rings (SSSR count). The molecule has 138 valence electrons. The van der Waals surface area contributed by atoms with Crippen molar-refractivity contribution < 1.29 is 22.9 Å². The Balaban J connectivity index is 2.34. The number of ether oxygens (including phenoxy) is 1. The molecule has 0 heterocycles. The average Bonchev–Trinajstić information content (AvgIpc) is 2.62. The van der Waals surface area contributed by atoms with E-state index in [1.54, 1.807) is 37.3 Å². The zero-order valence-electron chi connectivity index (χ0n) is 14.1. The summed E-state index contributed by atoms with van der Waals surface area (Å²) in [6, 6.07) is 13.3. The highest BCUT2D eigenvalue weighted by Crippen LogP contribution is 2.21. The van der Waals surface area contributed by atoms with Gasteiger partial charge in [-0.1, -0.05) is 30.3 Å². The lowest BCUT2D eigenvalue weighted by Crippen LogP contribution is -2.36. The number of esters is 1. The minimum Gasteiger partial charge on any atom is -0.465 e. The molecule has 0 aliphatic rings. The average molecular weight is 378 g/mol. The molecular formula is C17H18N2O6S. The Labute approximate surface area is 151 Å². The van der Waals surface area contributed by atoms with Crippen LogP contribution in [0.5, 0.6) is 0 Å². The van der Waals surface area contributed by atoms with Gasteiger partial charge in [-0.2, -0.15) is 4.31 Å². The zero-order valence-corrected chi connectivity index (χ0v) is 14.9. The maximum atomic E-state index is 12.9. The largest absolute Gasteiger partial charge is 0.465 e. The number of carbonyl (C=O) groups is 1. The smallest absolute Gasteiger partial charge is 0.321 e. The summed E-state index contributed by atoms with van der Waals surface area (Å²) < 4.78 is 31.7. The molecular weight excluding hydrogens is 360 g/mol. The number of sulfonamides is 1. The Hall–Kier alpha value is -2.78. The SMILES string of the molecule is CCOC(=O)CN(Cc1ccccc1)S(=O)(=O)c1ccc([N+](=O)[O-])cc1. The number of rotatable bonds is 8. The molecule has 0 amide bonds. The van der Waals surface area contributed by atoms with Gasteiger partial charge in [-0.15, -0.1) is 0 Å². The normalized spacial score (nSPS) is 11.3. The standard InChI is InChI=1S/C17H18N2O6S/c1-2-25-17(20)13-18(12-14-6-4-3-5-7-14)26(23,24)16-10-8-15(9-11-16)19(21)22/h3-11H,2,12-13H2,1H3. The number of non-ortho nitro benzene ring substituents is 1. The molecule has 2 aromatic rings. The number of benzene rings is 2. The Morgan fingerprint density at radius 1 is 1.12 bits per heavy atom. The van der Waals surface area contributed by atoms with E-state index >= 15 is 0 Å². The van der Waals surface area contributed by atoms with Crippen LogP contribution in [0.4, 0.5) is 5.69 Å². The third kappa shape index (κ3) is 4.87. The summed E-state index contributed by atoms with van der Waals surface area (Å²) in [5.74, 6) is -0.672. The van der Waals surface area contributed by atoms with Crippen molar-refractivity contribution in [2.24, 2.45) is 0 Å². The number of hydrogen-bond acceptors (Lipinski definition) is 6. The highest BCUT2D eigenvalue weighted by Gasteiger charge is 2.28. The second-order valence-corrected chi connectivity index (χ2v) is 7.25. The molecule has 0 unspecified atom stereocenters. The van der Waals surface area contributed by atoms with E-state index in [1.807, 2.05) is 0 Å². The van der Waals surface area contributed by atoms with Crippen LogP contribution in [0.15, 0.2) is 59.5 Å². The van der Waals surface area contributed by atoms with Crippen molar-refractivity contribution in [2.75, 3.05) is 13.2 Å². The topological polar surface area (TPSA) is 107 Å². The fraction of sp³-hybridized carbons (Fsp3) is 0.235. The molecule has 26 heavy (non-hydrogen) atoms. The van der Waals surface area contributed by atoms with Crippen molar-refractivity contribution in [2.45, 2.75) is 18.4 Å². The van der Waals surface area contributed by atoms with Gasteiger partial charge < -0.3 is 4.74 Å². The monoisotopic (exact) mass is 378 g/mol. The number of nitrogens with zero attached hydrogens (tertiary/aromatic N) is 2. The van der Waals surface area contributed by atoms with Gasteiger partial charge in [0.1, 0.15) is 6.54 Å². The van der Waals surface area contributed by atoms with Gasteiger partial charge in [0.25, 0.3) is 5.69 Å². The van der Waals surface area contributed by atoms with Crippen LogP contribution in [0.3, 0.4) is 0 Å². The molecule has 2 aromatic carbocycles. The van der Waals surface area contributed by atoms with Crippen molar-refractivity contribution in [1.29, 1.82) is 0 Å². The summed E-state index contributed by atoms with van der Waals surface area (Å²) in [7, 11) is -4.05. The number of carbonyl (C=O) groups excluding carboxylic acids is 1. The molecule has 8 nitrogen and oxygen atoms in total. The number of nitro benzene ring substituents is 1. The second-order valence-electron chi connectivity index (χ2n) is 5.31. The van der Waals surface area contributed by atoms with Gasteiger partial charge in [0.2, 0.25) is 10.0 Å². The quantitative estimate of drug-likeness (QED) is 0.396. The van der Waals surface area contributed by atoms with Crippen LogP contribution in [-0.4, -0.2) is 36.8 Å². The van der Waals surface area contributed by atoms with E-state index in [9.17, 15) is 23.3 Å². The van der Waals surface area contributed by atoms with Gasteiger partial charge >= 0.3 is 5.97 Å².